The van der Waals surface area contributed by atoms with Crippen molar-refractivity contribution in [3.63, 3.8) is 0 Å². The number of thiophene rings is 1. The summed E-state index contributed by atoms with van der Waals surface area (Å²) in [5.41, 5.74) is 2.74. The van der Waals surface area contributed by atoms with Gasteiger partial charge in [-0.25, -0.2) is 9.78 Å². The fraction of sp³-hybridized carbons (Fsp3) is 0.179. The maximum absolute atomic E-state index is 13.2. The Kier molecular flexibility index (Phi) is 10.5. The average Bonchev–Trinajstić information content (AvgIpc) is 3.42. The Balaban J connectivity index is 0.00000420. The van der Waals surface area contributed by atoms with Gasteiger partial charge in [0.2, 0.25) is 0 Å². The van der Waals surface area contributed by atoms with Crippen molar-refractivity contribution in [2.24, 2.45) is 0 Å². The number of carbonyl (C=O) groups is 1. The van der Waals surface area contributed by atoms with Gasteiger partial charge in [0.05, 0.1) is 25.9 Å². The van der Waals surface area contributed by atoms with Crippen molar-refractivity contribution < 1.29 is 29.5 Å². The first-order chi connectivity index (χ1) is 18.4. The minimum atomic E-state index is -0.697. The van der Waals surface area contributed by atoms with Crippen LogP contribution < -0.4 is 19.8 Å². The number of pyridine rings is 1. The van der Waals surface area contributed by atoms with Crippen molar-refractivity contribution >= 4 is 46.2 Å². The molecule has 2 heterocycles. The van der Waals surface area contributed by atoms with Crippen LogP contribution in [0.4, 0.5) is 5.69 Å². The molecule has 2 aromatic heterocycles. The average molecular weight is 586 g/mol. The third kappa shape index (κ3) is 7.40. The van der Waals surface area contributed by atoms with Crippen LogP contribution in [0.25, 0.3) is 0 Å². The van der Waals surface area contributed by atoms with E-state index < -0.39 is 12.1 Å². The number of anilines is 1. The van der Waals surface area contributed by atoms with Gasteiger partial charge in [-0.05, 0) is 48.0 Å². The summed E-state index contributed by atoms with van der Waals surface area (Å²) in [4.78, 5) is 17.5. The zero-order valence-corrected chi connectivity index (χ0v) is 23.4. The van der Waals surface area contributed by atoms with Crippen LogP contribution in [-0.4, -0.2) is 25.7 Å². The maximum Gasteiger partial charge on any atom is 0.348 e. The van der Waals surface area contributed by atoms with Crippen LogP contribution in [-0.2, 0) is 17.7 Å². The monoisotopic (exact) mass is 585 g/mol. The molecule has 11 heteroatoms. The Hall–Kier alpha value is -3.81. The van der Waals surface area contributed by atoms with Crippen molar-refractivity contribution in [2.75, 3.05) is 19.5 Å². The van der Waals surface area contributed by atoms with Crippen LogP contribution in [0.2, 0.25) is 10.0 Å². The number of esters is 1. The lowest BCUT2D eigenvalue weighted by atomic mass is 10.0. The number of methoxy groups -OCH3 is 2. The van der Waals surface area contributed by atoms with Crippen LogP contribution in [0.5, 0.6) is 11.5 Å². The number of ether oxygens (including phenoxy) is 3. The third-order valence-electron chi connectivity index (χ3n) is 5.74. The summed E-state index contributed by atoms with van der Waals surface area (Å²) in [7, 11) is 3.10. The minimum Gasteiger partial charge on any atom is -0.870 e. The molecule has 0 amide bonds. The molecule has 1 atom stereocenters. The van der Waals surface area contributed by atoms with E-state index in [1.807, 2.05) is 24.3 Å². The number of carbonyl (C=O) groups excluding carboxylic acids is 1. The summed E-state index contributed by atoms with van der Waals surface area (Å²) in [5.74, 6) is 0.597. The fourth-order valence-electron chi connectivity index (χ4n) is 3.80. The molecule has 0 aliphatic heterocycles. The number of aromatic amines is 1. The highest BCUT2D eigenvalue weighted by Gasteiger charge is 2.24. The van der Waals surface area contributed by atoms with Gasteiger partial charge in [0.25, 0.3) is 0 Å². The number of rotatable bonds is 10. The number of H-pyrrole nitrogens is 1. The molecule has 0 fully saturated rings. The SMILES string of the molecule is COc1ccc([C@H](Cc2c(Cl)c[nH+]cc2Cl)OC(=O)c2ccc(CNc3cccc(C#N)c3)s2)cc1OC.[OH-]. The van der Waals surface area contributed by atoms with Gasteiger partial charge in [0, 0.05) is 29.1 Å². The predicted molar refractivity (Wildman–Crippen MR) is 149 cm³/mol. The van der Waals surface area contributed by atoms with Crippen molar-refractivity contribution in [3.05, 3.63) is 103 Å². The summed E-state index contributed by atoms with van der Waals surface area (Å²) in [6.07, 6.45) is 2.81. The molecule has 0 spiro atoms. The van der Waals surface area contributed by atoms with E-state index in [1.165, 1.54) is 11.3 Å². The van der Waals surface area contributed by atoms with Gasteiger partial charge in [0.15, 0.2) is 23.9 Å². The van der Waals surface area contributed by atoms with E-state index in [4.69, 9.17) is 42.7 Å². The van der Waals surface area contributed by atoms with E-state index in [0.717, 1.165) is 10.6 Å². The first kappa shape index (κ1) is 29.7. The number of aromatic nitrogens is 1. The molecule has 0 saturated heterocycles. The second-order valence-electron chi connectivity index (χ2n) is 8.15. The standard InChI is InChI=1S/C28H23Cl2N3O4S.H2O/c1-35-24-8-6-18(11-26(24)36-2)25(12-21-22(29)15-32-16-23(21)30)37-28(34)27-9-7-20(38-27)14-33-19-5-3-4-17(10-19)13-31;/h3-11,15-16,25,33H,12,14H2,1-2H3;1H2/t25-;/m0./s1. The zero-order chi connectivity index (χ0) is 27.1. The lowest BCUT2D eigenvalue weighted by Crippen LogP contribution is -2.15. The molecular weight excluding hydrogens is 561 g/mol. The Morgan fingerprint density at radius 1 is 1.05 bits per heavy atom. The maximum atomic E-state index is 13.2. The number of nitrogens with one attached hydrogen (secondary N) is 2. The quantitative estimate of drug-likeness (QED) is 0.215. The normalized spacial score (nSPS) is 11.1. The second-order valence-corrected chi connectivity index (χ2v) is 10.1. The van der Waals surface area contributed by atoms with Crippen molar-refractivity contribution in [1.29, 1.82) is 5.26 Å². The highest BCUT2D eigenvalue weighted by atomic mass is 35.5. The number of hydrogen-bond donors (Lipinski definition) is 1. The van der Waals surface area contributed by atoms with Gasteiger partial charge in [-0.2, -0.15) is 5.26 Å². The van der Waals surface area contributed by atoms with E-state index in [2.05, 4.69) is 16.4 Å². The first-order valence-electron chi connectivity index (χ1n) is 11.5. The van der Waals surface area contributed by atoms with E-state index in [1.54, 1.807) is 56.9 Å². The number of hydrogen-bond acceptors (Lipinski definition) is 8. The molecule has 0 saturated carbocycles. The number of benzene rings is 2. The lowest BCUT2D eigenvalue weighted by molar-refractivity contribution is -0.377. The highest BCUT2D eigenvalue weighted by Crippen LogP contribution is 2.35. The summed E-state index contributed by atoms with van der Waals surface area (Å²) < 4.78 is 16.8. The van der Waals surface area contributed by atoms with Gasteiger partial charge in [0.1, 0.15) is 21.0 Å². The highest BCUT2D eigenvalue weighted by molar-refractivity contribution is 7.13. The third-order valence-corrected chi connectivity index (χ3v) is 7.48. The molecule has 4 rings (SSSR count). The van der Waals surface area contributed by atoms with Crippen molar-refractivity contribution in [3.8, 4) is 17.6 Å². The van der Waals surface area contributed by atoms with E-state index in [0.29, 0.717) is 49.7 Å². The van der Waals surface area contributed by atoms with E-state index >= 15 is 0 Å². The van der Waals surface area contributed by atoms with Crippen molar-refractivity contribution in [2.45, 2.75) is 19.1 Å². The number of halogens is 2. The molecule has 0 radical (unpaired) electrons. The Labute approximate surface area is 240 Å². The molecule has 0 bridgehead atoms. The van der Waals surface area contributed by atoms with Gasteiger partial charge in [-0.3, -0.25) is 0 Å². The lowest BCUT2D eigenvalue weighted by Gasteiger charge is -2.20. The van der Waals surface area contributed by atoms with E-state index in [9.17, 15) is 4.79 Å². The molecule has 0 aliphatic rings. The van der Waals surface area contributed by atoms with Crippen LogP contribution in [0, 0.1) is 11.3 Å². The first-order valence-corrected chi connectivity index (χ1v) is 13.1. The summed E-state index contributed by atoms with van der Waals surface area (Å²) in [5, 5.41) is 13.2. The Morgan fingerprint density at radius 3 is 2.49 bits per heavy atom. The molecule has 0 aliphatic carbocycles. The van der Waals surface area contributed by atoms with E-state index in [-0.39, 0.29) is 11.9 Å². The van der Waals surface area contributed by atoms with Crippen LogP contribution in [0.1, 0.15) is 37.3 Å². The minimum absolute atomic E-state index is 0. The molecule has 8 nitrogen and oxygen atoms in total. The molecule has 202 valence electrons. The van der Waals surface area contributed by atoms with Gasteiger partial charge < -0.3 is 25.0 Å². The second kappa shape index (κ2) is 13.8. The topological polar surface area (TPSA) is 125 Å². The smallest absolute Gasteiger partial charge is 0.348 e. The van der Waals surface area contributed by atoms with Crippen LogP contribution >= 0.6 is 34.5 Å². The molecular formula is C28H25Cl2N3O5S. The predicted octanol–water partition coefficient (Wildman–Crippen LogP) is 6.33. The Bertz CT molecular complexity index is 1470. The molecule has 39 heavy (non-hydrogen) atoms. The Morgan fingerprint density at radius 2 is 1.79 bits per heavy atom. The summed E-state index contributed by atoms with van der Waals surface area (Å²) in [6.45, 7) is 0.498. The molecule has 0 unspecified atom stereocenters. The van der Waals surface area contributed by atoms with Gasteiger partial charge in [-0.15, -0.1) is 11.3 Å². The van der Waals surface area contributed by atoms with Gasteiger partial charge in [-0.1, -0.05) is 35.3 Å². The molecule has 3 N–H and O–H groups in total. The number of nitriles is 1. The summed E-state index contributed by atoms with van der Waals surface area (Å²) >= 11 is 14.1. The van der Waals surface area contributed by atoms with Crippen LogP contribution in [0.15, 0.2) is 67.0 Å². The van der Waals surface area contributed by atoms with Crippen molar-refractivity contribution in [1.82, 2.24) is 0 Å². The largest absolute Gasteiger partial charge is 0.870 e. The van der Waals surface area contributed by atoms with Gasteiger partial charge >= 0.3 is 5.97 Å². The zero-order valence-electron chi connectivity index (χ0n) is 21.0. The number of nitrogens with zero attached hydrogens (tertiary/aromatic N) is 1. The van der Waals surface area contributed by atoms with Crippen LogP contribution in [0.3, 0.4) is 0 Å². The molecule has 4 aromatic rings. The summed E-state index contributed by atoms with van der Waals surface area (Å²) in [6, 6.07) is 18.3. The molecule has 2 aromatic carbocycles. The fourth-order valence-corrected chi connectivity index (χ4v) is 5.16.